The molecular formula is C16H16N2O3. The first-order chi connectivity index (χ1) is 9.97. The fourth-order valence-electron chi connectivity index (χ4n) is 2.00. The summed E-state index contributed by atoms with van der Waals surface area (Å²) in [6, 6.07) is 13.8. The molecule has 0 unspecified atom stereocenters. The molecule has 0 aliphatic rings. The van der Waals surface area contributed by atoms with Gasteiger partial charge in [-0.3, -0.25) is 4.79 Å². The number of anilines is 1. The molecule has 2 aromatic rings. The van der Waals surface area contributed by atoms with Crippen LogP contribution < -0.4 is 10.6 Å². The van der Waals surface area contributed by atoms with Gasteiger partial charge < -0.3 is 15.7 Å². The van der Waals surface area contributed by atoms with Crippen LogP contribution >= 0.6 is 0 Å². The van der Waals surface area contributed by atoms with E-state index >= 15 is 0 Å². The molecule has 0 fully saturated rings. The highest BCUT2D eigenvalue weighted by molar-refractivity contribution is 5.93. The van der Waals surface area contributed by atoms with Crippen molar-refractivity contribution in [2.45, 2.75) is 6.54 Å². The SMILES string of the molecule is CN(Cc1ccc(C(=O)O)cc1)c1ccc(C(N)=O)cc1. The fourth-order valence-corrected chi connectivity index (χ4v) is 2.00. The van der Waals surface area contributed by atoms with Gasteiger partial charge in [-0.1, -0.05) is 12.1 Å². The van der Waals surface area contributed by atoms with Crippen LogP contribution in [-0.2, 0) is 6.54 Å². The summed E-state index contributed by atoms with van der Waals surface area (Å²) >= 11 is 0. The Morgan fingerprint density at radius 2 is 1.52 bits per heavy atom. The highest BCUT2D eigenvalue weighted by Gasteiger charge is 2.06. The summed E-state index contributed by atoms with van der Waals surface area (Å²) in [4.78, 5) is 23.8. The molecule has 5 nitrogen and oxygen atoms in total. The quantitative estimate of drug-likeness (QED) is 0.881. The average molecular weight is 284 g/mol. The van der Waals surface area contributed by atoms with Crippen molar-refractivity contribution in [1.29, 1.82) is 0 Å². The lowest BCUT2D eigenvalue weighted by Gasteiger charge is -2.19. The van der Waals surface area contributed by atoms with Crippen LogP contribution in [0.4, 0.5) is 5.69 Å². The Morgan fingerprint density at radius 1 is 1.00 bits per heavy atom. The van der Waals surface area contributed by atoms with E-state index in [9.17, 15) is 9.59 Å². The molecule has 0 heterocycles. The van der Waals surface area contributed by atoms with Gasteiger partial charge in [0.2, 0.25) is 5.91 Å². The van der Waals surface area contributed by atoms with Crippen LogP contribution in [0, 0.1) is 0 Å². The highest BCUT2D eigenvalue weighted by Crippen LogP contribution is 2.16. The maximum absolute atomic E-state index is 11.0. The number of primary amides is 1. The van der Waals surface area contributed by atoms with Crippen molar-refractivity contribution >= 4 is 17.6 Å². The topological polar surface area (TPSA) is 83.6 Å². The molecule has 0 atom stereocenters. The Hall–Kier alpha value is -2.82. The van der Waals surface area contributed by atoms with E-state index in [1.165, 1.54) is 0 Å². The summed E-state index contributed by atoms with van der Waals surface area (Å²) < 4.78 is 0. The number of benzene rings is 2. The third-order valence-corrected chi connectivity index (χ3v) is 3.21. The van der Waals surface area contributed by atoms with Gasteiger partial charge >= 0.3 is 5.97 Å². The van der Waals surface area contributed by atoms with Crippen molar-refractivity contribution in [3.05, 3.63) is 65.2 Å². The Bertz CT molecular complexity index is 648. The van der Waals surface area contributed by atoms with Gasteiger partial charge in [0.25, 0.3) is 0 Å². The Kier molecular flexibility index (Phi) is 4.23. The predicted octanol–water partition coefficient (Wildman–Crippen LogP) is 2.12. The maximum atomic E-state index is 11.0. The number of amides is 1. The zero-order valence-corrected chi connectivity index (χ0v) is 11.6. The summed E-state index contributed by atoms with van der Waals surface area (Å²) in [5.41, 5.74) is 7.89. The van der Waals surface area contributed by atoms with E-state index in [0.29, 0.717) is 12.1 Å². The minimum Gasteiger partial charge on any atom is -0.478 e. The van der Waals surface area contributed by atoms with Gasteiger partial charge in [-0.25, -0.2) is 4.79 Å². The summed E-state index contributed by atoms with van der Waals surface area (Å²) in [5.74, 6) is -1.38. The summed E-state index contributed by atoms with van der Waals surface area (Å²) in [5, 5.41) is 8.86. The maximum Gasteiger partial charge on any atom is 0.335 e. The van der Waals surface area contributed by atoms with E-state index in [1.54, 1.807) is 36.4 Å². The highest BCUT2D eigenvalue weighted by atomic mass is 16.4. The number of hydrogen-bond donors (Lipinski definition) is 2. The van der Waals surface area contributed by atoms with Crippen LogP contribution in [0.1, 0.15) is 26.3 Å². The summed E-state index contributed by atoms with van der Waals surface area (Å²) in [7, 11) is 1.92. The second-order valence-electron chi connectivity index (χ2n) is 4.77. The van der Waals surface area contributed by atoms with Crippen LogP contribution in [-0.4, -0.2) is 24.0 Å². The predicted molar refractivity (Wildman–Crippen MR) is 80.5 cm³/mol. The Labute approximate surface area is 122 Å². The molecule has 0 saturated carbocycles. The van der Waals surface area contributed by atoms with Gasteiger partial charge in [0.15, 0.2) is 0 Å². The summed E-state index contributed by atoms with van der Waals surface area (Å²) in [6.45, 7) is 0.635. The van der Waals surface area contributed by atoms with Crippen LogP contribution in [0.5, 0.6) is 0 Å². The molecule has 21 heavy (non-hydrogen) atoms. The second-order valence-corrected chi connectivity index (χ2v) is 4.77. The lowest BCUT2D eigenvalue weighted by molar-refractivity contribution is 0.0696. The van der Waals surface area contributed by atoms with Gasteiger partial charge in [-0.15, -0.1) is 0 Å². The largest absolute Gasteiger partial charge is 0.478 e. The van der Waals surface area contributed by atoms with Crippen molar-refractivity contribution in [3.8, 4) is 0 Å². The van der Waals surface area contributed by atoms with Crippen molar-refractivity contribution in [2.75, 3.05) is 11.9 Å². The minimum absolute atomic E-state index is 0.271. The van der Waals surface area contributed by atoms with Crippen molar-refractivity contribution in [1.82, 2.24) is 0 Å². The molecule has 0 saturated heterocycles. The molecular weight excluding hydrogens is 268 g/mol. The summed E-state index contributed by atoms with van der Waals surface area (Å²) in [6.07, 6.45) is 0. The first kappa shape index (κ1) is 14.6. The number of aromatic carboxylic acids is 1. The molecule has 0 aliphatic carbocycles. The van der Waals surface area contributed by atoms with Crippen LogP contribution in [0.3, 0.4) is 0 Å². The normalized spacial score (nSPS) is 10.1. The number of nitrogens with two attached hydrogens (primary N) is 1. The van der Waals surface area contributed by atoms with Crippen molar-refractivity contribution < 1.29 is 14.7 Å². The zero-order valence-electron chi connectivity index (χ0n) is 11.6. The molecule has 0 bridgehead atoms. The van der Waals surface area contributed by atoms with Gasteiger partial charge in [-0.2, -0.15) is 0 Å². The molecule has 0 aliphatic heterocycles. The van der Waals surface area contributed by atoms with E-state index in [4.69, 9.17) is 10.8 Å². The van der Waals surface area contributed by atoms with Crippen LogP contribution in [0.15, 0.2) is 48.5 Å². The first-order valence-corrected chi connectivity index (χ1v) is 6.40. The lowest BCUT2D eigenvalue weighted by Crippen LogP contribution is -2.17. The van der Waals surface area contributed by atoms with E-state index < -0.39 is 11.9 Å². The van der Waals surface area contributed by atoms with E-state index in [0.717, 1.165) is 11.3 Å². The first-order valence-electron chi connectivity index (χ1n) is 6.40. The molecule has 1 amide bonds. The molecule has 0 radical (unpaired) electrons. The molecule has 108 valence electrons. The third-order valence-electron chi connectivity index (χ3n) is 3.21. The number of carboxylic acids is 1. The molecule has 2 aromatic carbocycles. The Balaban J connectivity index is 2.08. The number of nitrogens with zero attached hydrogens (tertiary/aromatic N) is 1. The smallest absolute Gasteiger partial charge is 0.335 e. The molecule has 3 N–H and O–H groups in total. The standard InChI is InChI=1S/C16H16N2O3/c1-18(14-8-6-12(7-9-14)15(17)19)10-11-2-4-13(5-3-11)16(20)21/h2-9H,10H2,1H3,(H2,17,19)(H,20,21). The number of carboxylic acid groups (broad SMARTS) is 1. The molecule has 2 rings (SSSR count). The number of rotatable bonds is 5. The monoisotopic (exact) mass is 284 g/mol. The lowest BCUT2D eigenvalue weighted by atomic mass is 10.1. The van der Waals surface area contributed by atoms with Gasteiger partial charge in [0.05, 0.1) is 5.56 Å². The number of carbonyl (C=O) groups excluding carboxylic acids is 1. The van der Waals surface area contributed by atoms with Gasteiger partial charge in [0, 0.05) is 24.8 Å². The molecule has 5 heteroatoms. The number of hydrogen-bond acceptors (Lipinski definition) is 3. The second kappa shape index (κ2) is 6.09. The van der Waals surface area contributed by atoms with E-state index in [1.807, 2.05) is 24.1 Å². The molecule has 0 spiro atoms. The molecule has 0 aromatic heterocycles. The zero-order chi connectivity index (χ0) is 15.4. The van der Waals surface area contributed by atoms with Gasteiger partial charge in [0.1, 0.15) is 0 Å². The van der Waals surface area contributed by atoms with Crippen LogP contribution in [0.25, 0.3) is 0 Å². The van der Waals surface area contributed by atoms with Gasteiger partial charge in [-0.05, 0) is 42.0 Å². The van der Waals surface area contributed by atoms with E-state index in [2.05, 4.69) is 0 Å². The van der Waals surface area contributed by atoms with Crippen molar-refractivity contribution in [2.24, 2.45) is 5.73 Å². The Morgan fingerprint density at radius 3 is 2.00 bits per heavy atom. The number of carbonyl (C=O) groups is 2. The van der Waals surface area contributed by atoms with Crippen molar-refractivity contribution in [3.63, 3.8) is 0 Å². The van der Waals surface area contributed by atoms with E-state index in [-0.39, 0.29) is 5.56 Å². The third kappa shape index (κ3) is 3.60. The average Bonchev–Trinajstić information content (AvgIpc) is 2.47. The fraction of sp³-hybridized carbons (Fsp3) is 0.125. The minimum atomic E-state index is -0.933. The van der Waals surface area contributed by atoms with Crippen LogP contribution in [0.2, 0.25) is 0 Å².